The fourth-order valence-corrected chi connectivity index (χ4v) is 4.48. The molecular weight excluding hydrogens is 449 g/mol. The van der Waals surface area contributed by atoms with E-state index in [0.29, 0.717) is 27.6 Å². The summed E-state index contributed by atoms with van der Waals surface area (Å²) < 4.78 is 5.88. The Labute approximate surface area is 196 Å². The van der Waals surface area contributed by atoms with Crippen molar-refractivity contribution >= 4 is 45.9 Å². The minimum absolute atomic E-state index is 0.0158. The quantitative estimate of drug-likeness (QED) is 0.485. The third-order valence-corrected chi connectivity index (χ3v) is 6.37. The fourth-order valence-electron chi connectivity index (χ4n) is 4.02. The van der Waals surface area contributed by atoms with Gasteiger partial charge in [-0.2, -0.15) is 0 Å². The summed E-state index contributed by atoms with van der Waals surface area (Å²) in [5, 5.41) is 4.61. The van der Waals surface area contributed by atoms with Crippen molar-refractivity contribution in [3.63, 3.8) is 0 Å². The minimum Gasteiger partial charge on any atom is -0.483 e. The fraction of sp³-hybridized carbons (Fsp3) is 0.333. The zero-order chi connectivity index (χ0) is 22.7. The van der Waals surface area contributed by atoms with Crippen molar-refractivity contribution in [3.8, 4) is 5.75 Å². The van der Waals surface area contributed by atoms with E-state index in [1.807, 2.05) is 36.1 Å². The first-order valence-corrected chi connectivity index (χ1v) is 11.5. The number of likely N-dealkylation sites (tertiary alicyclic amines) is 1. The molecular formula is C24H25Cl2N3O3. The van der Waals surface area contributed by atoms with Crippen LogP contribution in [0.1, 0.15) is 48.3 Å². The molecule has 1 atom stereocenters. The van der Waals surface area contributed by atoms with Crippen LogP contribution in [0.2, 0.25) is 10.0 Å². The number of hydrogen-bond donors (Lipinski definition) is 2. The van der Waals surface area contributed by atoms with Gasteiger partial charge in [-0.25, -0.2) is 0 Å². The second-order valence-corrected chi connectivity index (χ2v) is 8.67. The lowest BCUT2D eigenvalue weighted by atomic mass is 10.0. The van der Waals surface area contributed by atoms with Gasteiger partial charge in [0.1, 0.15) is 11.4 Å². The van der Waals surface area contributed by atoms with Crippen LogP contribution in [-0.2, 0) is 4.79 Å². The Hall–Kier alpha value is -2.70. The summed E-state index contributed by atoms with van der Waals surface area (Å²) in [4.78, 5) is 30.3. The van der Waals surface area contributed by atoms with E-state index in [2.05, 4.69) is 10.3 Å². The summed E-state index contributed by atoms with van der Waals surface area (Å²) >= 11 is 12.5. The van der Waals surface area contributed by atoms with E-state index in [1.54, 1.807) is 18.2 Å². The molecule has 3 aromatic rings. The number of hydrogen-bond acceptors (Lipinski definition) is 3. The molecule has 1 fully saturated rings. The molecule has 8 heteroatoms. The smallest absolute Gasteiger partial charge is 0.269 e. The average molecular weight is 474 g/mol. The maximum absolute atomic E-state index is 13.1. The van der Waals surface area contributed by atoms with Gasteiger partial charge in [0.25, 0.3) is 11.8 Å². The first-order chi connectivity index (χ1) is 15.5. The first kappa shape index (κ1) is 22.5. The maximum Gasteiger partial charge on any atom is 0.269 e. The number of carbonyl (C=O) groups excluding carboxylic acids is 2. The highest BCUT2D eigenvalue weighted by molar-refractivity contribution is 6.39. The lowest BCUT2D eigenvalue weighted by molar-refractivity contribution is -0.132. The number of amides is 2. The van der Waals surface area contributed by atoms with E-state index in [0.717, 1.165) is 37.0 Å². The molecule has 1 unspecified atom stereocenters. The minimum atomic E-state index is -0.322. The summed E-state index contributed by atoms with van der Waals surface area (Å²) in [6, 6.07) is 12.4. The number of H-pyrrole nitrogens is 1. The van der Waals surface area contributed by atoms with Gasteiger partial charge in [0, 0.05) is 34.6 Å². The monoisotopic (exact) mass is 473 g/mol. The van der Waals surface area contributed by atoms with Gasteiger partial charge in [-0.15, -0.1) is 0 Å². The Morgan fingerprint density at radius 3 is 2.66 bits per heavy atom. The Balaban J connectivity index is 1.51. The van der Waals surface area contributed by atoms with Crippen LogP contribution in [0.25, 0.3) is 10.9 Å². The second kappa shape index (κ2) is 9.84. The normalized spacial score (nSPS) is 14.5. The first-order valence-electron chi connectivity index (χ1n) is 10.7. The number of nitrogens with one attached hydrogen (secondary N) is 2. The molecule has 2 amide bonds. The Kier molecular flexibility index (Phi) is 6.92. The SMILES string of the molecule is CCC(NC(=O)c1[nH]c2ccc(Cl)cc2c1Cl)c1ccccc1OCC(=O)N1CCCC1. The van der Waals surface area contributed by atoms with E-state index < -0.39 is 0 Å². The van der Waals surface area contributed by atoms with Crippen molar-refractivity contribution in [2.75, 3.05) is 19.7 Å². The number of aromatic nitrogens is 1. The summed E-state index contributed by atoms with van der Waals surface area (Å²) in [5.41, 5.74) is 1.83. The predicted octanol–water partition coefficient (Wildman–Crippen LogP) is 5.36. The van der Waals surface area contributed by atoms with Crippen LogP contribution < -0.4 is 10.1 Å². The van der Waals surface area contributed by atoms with Crippen LogP contribution in [0, 0.1) is 0 Å². The summed E-state index contributed by atoms with van der Waals surface area (Å²) in [7, 11) is 0. The summed E-state index contributed by atoms with van der Waals surface area (Å²) in [6.07, 6.45) is 2.71. The highest BCUT2D eigenvalue weighted by atomic mass is 35.5. The molecule has 2 aromatic carbocycles. The van der Waals surface area contributed by atoms with E-state index in [1.165, 1.54) is 0 Å². The van der Waals surface area contributed by atoms with Gasteiger partial charge in [0.2, 0.25) is 0 Å². The molecule has 0 spiro atoms. The standard InChI is InChI=1S/C24H25Cl2N3O3/c1-2-18(28-24(31)23-22(26)17-13-15(25)9-10-19(17)27-23)16-7-3-4-8-20(16)32-14-21(30)29-11-5-6-12-29/h3-4,7-10,13,18,27H,2,5-6,11-12,14H2,1H3,(H,28,31). The van der Waals surface area contributed by atoms with Crippen LogP contribution in [0.4, 0.5) is 0 Å². The van der Waals surface area contributed by atoms with Crippen LogP contribution in [-0.4, -0.2) is 41.4 Å². The van der Waals surface area contributed by atoms with Gasteiger partial charge in [-0.3, -0.25) is 9.59 Å². The van der Waals surface area contributed by atoms with Gasteiger partial charge in [0.15, 0.2) is 6.61 Å². The number of ether oxygens (including phenoxy) is 1. The third-order valence-electron chi connectivity index (χ3n) is 5.74. The number of aromatic amines is 1. The highest BCUT2D eigenvalue weighted by Gasteiger charge is 2.23. The summed E-state index contributed by atoms with van der Waals surface area (Å²) in [6.45, 7) is 3.53. The topological polar surface area (TPSA) is 74.4 Å². The van der Waals surface area contributed by atoms with Gasteiger partial charge in [-0.05, 0) is 43.5 Å². The maximum atomic E-state index is 13.1. The van der Waals surface area contributed by atoms with E-state index in [9.17, 15) is 9.59 Å². The molecule has 1 aliphatic heterocycles. The zero-order valence-corrected chi connectivity index (χ0v) is 19.3. The number of benzene rings is 2. The van der Waals surface area contributed by atoms with Crippen LogP contribution in [0.3, 0.4) is 0 Å². The molecule has 1 saturated heterocycles. The number of para-hydroxylation sites is 1. The Bertz CT molecular complexity index is 1140. The third kappa shape index (κ3) is 4.71. The molecule has 0 aliphatic carbocycles. The molecule has 32 heavy (non-hydrogen) atoms. The lowest BCUT2D eigenvalue weighted by Gasteiger charge is -2.21. The molecule has 0 saturated carbocycles. The molecule has 1 aromatic heterocycles. The number of carbonyl (C=O) groups is 2. The van der Waals surface area contributed by atoms with Gasteiger partial charge >= 0.3 is 0 Å². The number of rotatable bonds is 7. The molecule has 2 N–H and O–H groups in total. The van der Waals surface area contributed by atoms with Crippen molar-refractivity contribution < 1.29 is 14.3 Å². The van der Waals surface area contributed by atoms with Crippen molar-refractivity contribution in [2.45, 2.75) is 32.2 Å². The van der Waals surface area contributed by atoms with Crippen molar-refractivity contribution in [2.24, 2.45) is 0 Å². The van der Waals surface area contributed by atoms with Crippen molar-refractivity contribution in [1.82, 2.24) is 15.2 Å². The second-order valence-electron chi connectivity index (χ2n) is 7.85. The predicted molar refractivity (Wildman–Crippen MR) is 127 cm³/mol. The number of nitrogens with zero attached hydrogens (tertiary/aromatic N) is 1. The highest BCUT2D eigenvalue weighted by Crippen LogP contribution is 2.31. The summed E-state index contributed by atoms with van der Waals surface area (Å²) in [5.74, 6) is 0.247. The Morgan fingerprint density at radius 2 is 1.91 bits per heavy atom. The van der Waals surface area contributed by atoms with E-state index in [-0.39, 0.29) is 30.2 Å². The Morgan fingerprint density at radius 1 is 1.16 bits per heavy atom. The van der Waals surface area contributed by atoms with Gasteiger partial charge in [-0.1, -0.05) is 48.3 Å². The number of halogens is 2. The van der Waals surface area contributed by atoms with Crippen LogP contribution in [0.15, 0.2) is 42.5 Å². The number of fused-ring (bicyclic) bond motifs is 1. The molecule has 0 radical (unpaired) electrons. The molecule has 1 aliphatic rings. The van der Waals surface area contributed by atoms with Crippen molar-refractivity contribution in [1.29, 1.82) is 0 Å². The molecule has 6 nitrogen and oxygen atoms in total. The lowest BCUT2D eigenvalue weighted by Crippen LogP contribution is -2.33. The van der Waals surface area contributed by atoms with Gasteiger partial charge in [0.05, 0.1) is 11.1 Å². The molecule has 4 rings (SSSR count). The van der Waals surface area contributed by atoms with E-state index >= 15 is 0 Å². The average Bonchev–Trinajstić information content (AvgIpc) is 3.45. The van der Waals surface area contributed by atoms with Crippen LogP contribution in [0.5, 0.6) is 5.75 Å². The van der Waals surface area contributed by atoms with E-state index in [4.69, 9.17) is 27.9 Å². The molecule has 2 heterocycles. The zero-order valence-electron chi connectivity index (χ0n) is 17.8. The molecule has 168 valence electrons. The largest absolute Gasteiger partial charge is 0.483 e. The van der Waals surface area contributed by atoms with Gasteiger partial charge < -0.3 is 19.9 Å². The van der Waals surface area contributed by atoms with Crippen LogP contribution >= 0.6 is 23.2 Å². The van der Waals surface area contributed by atoms with Crippen molar-refractivity contribution in [3.05, 3.63) is 63.8 Å². The molecule has 0 bridgehead atoms.